The van der Waals surface area contributed by atoms with E-state index in [-0.39, 0.29) is 0 Å². The first-order valence-electron chi connectivity index (χ1n) is 9.15. The van der Waals surface area contributed by atoms with Gasteiger partial charge >= 0.3 is 0 Å². The molecule has 1 aromatic carbocycles. The maximum absolute atomic E-state index is 5.78. The average molecular weight is 358 g/mol. The van der Waals surface area contributed by atoms with Crippen molar-refractivity contribution in [1.29, 1.82) is 0 Å². The second-order valence-corrected chi connectivity index (χ2v) is 6.50. The lowest BCUT2D eigenvalue weighted by Gasteiger charge is -2.14. The van der Waals surface area contributed by atoms with Crippen molar-refractivity contribution in [2.75, 3.05) is 20.2 Å². The second-order valence-electron chi connectivity index (χ2n) is 6.50. The molecule has 0 bridgehead atoms. The molecule has 0 fully saturated rings. The smallest absolute Gasteiger partial charge is 0.191 e. The molecule has 0 unspecified atom stereocenters. The third-order valence-corrected chi connectivity index (χ3v) is 3.82. The molecule has 0 saturated heterocycles. The largest absolute Gasteiger partial charge is 0.493 e. The summed E-state index contributed by atoms with van der Waals surface area (Å²) < 4.78 is 7.83. The summed E-state index contributed by atoms with van der Waals surface area (Å²) in [5.41, 5.74) is 1.15. The Kier molecular flexibility index (Phi) is 7.92. The fraction of sp³-hybridized carbons (Fsp3) is 0.526. The van der Waals surface area contributed by atoms with Crippen molar-refractivity contribution < 1.29 is 4.74 Å². The van der Waals surface area contributed by atoms with Crippen LogP contribution in [0.1, 0.15) is 32.2 Å². The molecular formula is C19H30N6O. The zero-order valence-corrected chi connectivity index (χ0v) is 16.2. The molecule has 0 atom stereocenters. The molecule has 7 nitrogen and oxygen atoms in total. The van der Waals surface area contributed by atoms with Crippen LogP contribution in [-0.2, 0) is 19.5 Å². The van der Waals surface area contributed by atoms with Crippen LogP contribution in [0.25, 0.3) is 0 Å². The van der Waals surface area contributed by atoms with E-state index in [9.17, 15) is 0 Å². The monoisotopic (exact) mass is 358 g/mol. The highest BCUT2D eigenvalue weighted by molar-refractivity contribution is 5.79. The minimum atomic E-state index is 0.513. The average Bonchev–Trinajstić information content (AvgIpc) is 3.10. The van der Waals surface area contributed by atoms with Gasteiger partial charge in [-0.3, -0.25) is 4.99 Å². The van der Waals surface area contributed by atoms with Crippen molar-refractivity contribution in [2.24, 2.45) is 10.9 Å². The highest BCUT2D eigenvalue weighted by Gasteiger charge is 2.03. The zero-order chi connectivity index (χ0) is 18.8. The van der Waals surface area contributed by atoms with Crippen LogP contribution in [0.4, 0.5) is 0 Å². The summed E-state index contributed by atoms with van der Waals surface area (Å²) in [6, 6.07) is 8.14. The van der Waals surface area contributed by atoms with E-state index in [1.807, 2.05) is 12.1 Å². The predicted molar refractivity (Wildman–Crippen MR) is 104 cm³/mol. The molecule has 0 aliphatic carbocycles. The lowest BCUT2D eigenvalue weighted by Crippen LogP contribution is -2.38. The molecule has 0 radical (unpaired) electrons. The van der Waals surface area contributed by atoms with Crippen molar-refractivity contribution in [3.05, 3.63) is 42.0 Å². The van der Waals surface area contributed by atoms with Crippen molar-refractivity contribution in [3.63, 3.8) is 0 Å². The number of ether oxygens (including phenoxy) is 1. The van der Waals surface area contributed by atoms with Gasteiger partial charge in [0.2, 0.25) is 0 Å². The molecule has 7 heteroatoms. The van der Waals surface area contributed by atoms with Crippen LogP contribution in [0.5, 0.6) is 5.75 Å². The summed E-state index contributed by atoms with van der Waals surface area (Å²) in [4.78, 5) is 4.27. The van der Waals surface area contributed by atoms with Gasteiger partial charge in [-0.25, -0.2) is 0 Å². The minimum Gasteiger partial charge on any atom is -0.493 e. The molecule has 0 spiro atoms. The normalized spacial score (nSPS) is 11.7. The lowest BCUT2D eigenvalue weighted by atomic mass is 10.2. The van der Waals surface area contributed by atoms with Crippen LogP contribution in [0.2, 0.25) is 0 Å². The Bertz CT molecular complexity index is 695. The molecule has 0 amide bonds. The number of guanidine groups is 1. The first-order chi connectivity index (χ1) is 12.6. The van der Waals surface area contributed by atoms with Gasteiger partial charge in [0.05, 0.1) is 6.61 Å². The number of rotatable bonds is 9. The van der Waals surface area contributed by atoms with E-state index in [1.165, 1.54) is 0 Å². The molecule has 26 heavy (non-hydrogen) atoms. The van der Waals surface area contributed by atoms with Gasteiger partial charge < -0.3 is 19.9 Å². The Balaban J connectivity index is 1.78. The van der Waals surface area contributed by atoms with Crippen molar-refractivity contribution >= 4 is 5.96 Å². The SMILES string of the molecule is CCc1nncn1CCNC(=NC)NCc1cccc(OCC(C)C)c1. The lowest BCUT2D eigenvalue weighted by molar-refractivity contribution is 0.271. The molecule has 142 valence electrons. The van der Waals surface area contributed by atoms with Gasteiger partial charge in [0.1, 0.15) is 17.9 Å². The van der Waals surface area contributed by atoms with E-state index in [0.29, 0.717) is 12.5 Å². The third-order valence-electron chi connectivity index (χ3n) is 3.82. The fourth-order valence-corrected chi connectivity index (χ4v) is 2.45. The second kappa shape index (κ2) is 10.4. The Morgan fingerprint density at radius 3 is 2.88 bits per heavy atom. The van der Waals surface area contributed by atoms with Crippen LogP contribution in [0.3, 0.4) is 0 Å². The maximum atomic E-state index is 5.78. The van der Waals surface area contributed by atoms with Crippen LogP contribution >= 0.6 is 0 Å². The Morgan fingerprint density at radius 2 is 2.15 bits per heavy atom. The number of hydrogen-bond acceptors (Lipinski definition) is 4. The van der Waals surface area contributed by atoms with E-state index in [1.54, 1.807) is 13.4 Å². The van der Waals surface area contributed by atoms with E-state index in [0.717, 1.165) is 49.2 Å². The highest BCUT2D eigenvalue weighted by atomic mass is 16.5. The summed E-state index contributed by atoms with van der Waals surface area (Å²) in [6.07, 6.45) is 2.64. The van der Waals surface area contributed by atoms with Gasteiger partial charge in [-0.1, -0.05) is 32.9 Å². The number of aromatic nitrogens is 3. The van der Waals surface area contributed by atoms with Gasteiger partial charge in [-0.2, -0.15) is 0 Å². The van der Waals surface area contributed by atoms with Crippen molar-refractivity contribution in [3.8, 4) is 5.75 Å². The summed E-state index contributed by atoms with van der Waals surface area (Å²) in [7, 11) is 1.77. The molecule has 2 N–H and O–H groups in total. The topological polar surface area (TPSA) is 76.4 Å². The van der Waals surface area contributed by atoms with Crippen molar-refractivity contribution in [2.45, 2.75) is 40.3 Å². The Labute approximate surface area is 155 Å². The molecule has 2 aromatic rings. The van der Waals surface area contributed by atoms with Gasteiger partial charge in [0, 0.05) is 33.1 Å². The molecule has 0 saturated carbocycles. The molecule has 0 aliphatic rings. The number of nitrogens with zero attached hydrogens (tertiary/aromatic N) is 4. The minimum absolute atomic E-state index is 0.513. The van der Waals surface area contributed by atoms with Gasteiger partial charge in [-0.15, -0.1) is 10.2 Å². The van der Waals surface area contributed by atoms with E-state index in [2.05, 4.69) is 63.3 Å². The summed E-state index contributed by atoms with van der Waals surface area (Å²) in [6.45, 7) is 9.33. The molecular weight excluding hydrogens is 328 g/mol. The first kappa shape index (κ1) is 19.8. The van der Waals surface area contributed by atoms with Gasteiger partial charge in [0.15, 0.2) is 5.96 Å². The summed E-state index contributed by atoms with van der Waals surface area (Å²) in [5, 5.41) is 14.7. The number of hydrogen-bond donors (Lipinski definition) is 2. The quantitative estimate of drug-likeness (QED) is 0.531. The first-order valence-corrected chi connectivity index (χ1v) is 9.15. The fourth-order valence-electron chi connectivity index (χ4n) is 2.45. The van der Waals surface area contributed by atoms with Crippen LogP contribution < -0.4 is 15.4 Å². The van der Waals surface area contributed by atoms with E-state index in [4.69, 9.17) is 4.74 Å². The van der Waals surface area contributed by atoms with Gasteiger partial charge in [0.25, 0.3) is 0 Å². The number of aliphatic imine (C=N–C) groups is 1. The maximum Gasteiger partial charge on any atom is 0.191 e. The Hall–Kier alpha value is -2.57. The standard InChI is InChI=1S/C19H30N6O/c1-5-18-24-23-14-25(18)10-9-21-19(20-4)22-12-16-7-6-8-17(11-16)26-13-15(2)3/h6-8,11,14-15H,5,9-10,12-13H2,1-4H3,(H2,20,21,22). The summed E-state index contributed by atoms with van der Waals surface area (Å²) in [5.74, 6) is 3.18. The zero-order valence-electron chi connectivity index (χ0n) is 16.2. The van der Waals surface area contributed by atoms with Gasteiger partial charge in [-0.05, 0) is 23.6 Å². The highest BCUT2D eigenvalue weighted by Crippen LogP contribution is 2.14. The number of nitrogens with one attached hydrogen (secondary N) is 2. The van der Waals surface area contributed by atoms with E-state index >= 15 is 0 Å². The molecule has 2 rings (SSSR count). The van der Waals surface area contributed by atoms with Crippen molar-refractivity contribution in [1.82, 2.24) is 25.4 Å². The summed E-state index contributed by atoms with van der Waals surface area (Å²) >= 11 is 0. The van der Waals surface area contributed by atoms with Crippen LogP contribution in [0, 0.1) is 5.92 Å². The molecule has 0 aliphatic heterocycles. The van der Waals surface area contributed by atoms with Crippen LogP contribution in [0.15, 0.2) is 35.6 Å². The third kappa shape index (κ3) is 6.38. The van der Waals surface area contributed by atoms with Crippen LogP contribution in [-0.4, -0.2) is 40.9 Å². The predicted octanol–water partition coefficient (Wildman–Crippen LogP) is 2.24. The molecule has 1 aromatic heterocycles. The Morgan fingerprint density at radius 1 is 1.31 bits per heavy atom. The number of benzene rings is 1. The number of aryl methyl sites for hydroxylation is 1. The van der Waals surface area contributed by atoms with E-state index < -0.39 is 0 Å². The molecule has 1 heterocycles.